The molecule has 1 aliphatic heterocycles. The van der Waals surface area contributed by atoms with Gasteiger partial charge in [-0.05, 0) is 48.6 Å². The molecule has 0 unspecified atom stereocenters. The first kappa shape index (κ1) is 14.4. The summed E-state index contributed by atoms with van der Waals surface area (Å²) >= 11 is 0. The predicted octanol–water partition coefficient (Wildman–Crippen LogP) is 4.34. The Morgan fingerprint density at radius 3 is 2.14 bits per heavy atom. The van der Waals surface area contributed by atoms with E-state index in [9.17, 15) is 4.79 Å². The average molecular weight is 297 g/mol. The van der Waals surface area contributed by atoms with E-state index in [1.54, 1.807) is 0 Å². The van der Waals surface area contributed by atoms with Gasteiger partial charge in [0.25, 0.3) is 0 Å². The summed E-state index contributed by atoms with van der Waals surface area (Å²) in [5.41, 5.74) is 1.26. The van der Waals surface area contributed by atoms with Gasteiger partial charge in [-0.1, -0.05) is 30.3 Å². The molecule has 0 saturated carbocycles. The summed E-state index contributed by atoms with van der Waals surface area (Å²) in [5, 5.41) is 8.98. The van der Waals surface area contributed by atoms with E-state index < -0.39 is 6.09 Å². The molecule has 22 heavy (non-hydrogen) atoms. The van der Waals surface area contributed by atoms with E-state index >= 15 is 0 Å². The monoisotopic (exact) mass is 297 g/mol. The largest absolute Gasteiger partial charge is 0.465 e. The molecule has 0 aromatic heterocycles. The number of carboxylic acid groups (broad SMARTS) is 1. The highest BCUT2D eigenvalue weighted by atomic mass is 16.5. The zero-order chi connectivity index (χ0) is 15.4. The summed E-state index contributed by atoms with van der Waals surface area (Å²) in [7, 11) is 0. The molecule has 1 aliphatic rings. The highest BCUT2D eigenvalue weighted by Gasteiger charge is 2.23. The smallest absolute Gasteiger partial charge is 0.407 e. The lowest BCUT2D eigenvalue weighted by atomic mass is 9.89. The number of hydrogen-bond donors (Lipinski definition) is 1. The maximum Gasteiger partial charge on any atom is 0.407 e. The van der Waals surface area contributed by atoms with Crippen LogP contribution in [0, 0.1) is 0 Å². The van der Waals surface area contributed by atoms with Crippen LogP contribution in [0.4, 0.5) is 4.79 Å². The molecule has 2 aromatic rings. The average Bonchev–Trinajstić information content (AvgIpc) is 2.57. The molecule has 1 fully saturated rings. The summed E-state index contributed by atoms with van der Waals surface area (Å²) in [5.74, 6) is 2.07. The minimum Gasteiger partial charge on any atom is -0.465 e. The molecule has 4 nitrogen and oxygen atoms in total. The van der Waals surface area contributed by atoms with E-state index in [-0.39, 0.29) is 0 Å². The maximum atomic E-state index is 10.9. The molecule has 1 heterocycles. The van der Waals surface area contributed by atoms with Crippen LogP contribution >= 0.6 is 0 Å². The van der Waals surface area contributed by atoms with Gasteiger partial charge in [0.05, 0.1) is 0 Å². The number of para-hydroxylation sites is 1. The summed E-state index contributed by atoms with van der Waals surface area (Å²) in [4.78, 5) is 12.4. The van der Waals surface area contributed by atoms with Gasteiger partial charge in [-0.25, -0.2) is 4.79 Å². The molecular weight excluding hydrogens is 278 g/mol. The van der Waals surface area contributed by atoms with E-state index in [0.29, 0.717) is 19.0 Å². The Hall–Kier alpha value is -2.49. The number of amides is 1. The molecule has 2 aromatic carbocycles. The summed E-state index contributed by atoms with van der Waals surface area (Å²) in [6.07, 6.45) is 0.946. The van der Waals surface area contributed by atoms with Gasteiger partial charge < -0.3 is 14.7 Å². The van der Waals surface area contributed by atoms with Crippen LogP contribution in [-0.2, 0) is 0 Å². The van der Waals surface area contributed by atoms with Crippen LogP contribution in [-0.4, -0.2) is 29.2 Å². The molecule has 114 valence electrons. The van der Waals surface area contributed by atoms with Crippen LogP contribution in [0.3, 0.4) is 0 Å². The van der Waals surface area contributed by atoms with Gasteiger partial charge in [0, 0.05) is 13.1 Å². The molecule has 3 rings (SSSR count). The predicted molar refractivity (Wildman–Crippen MR) is 84.5 cm³/mol. The third-order valence-corrected chi connectivity index (χ3v) is 4.10. The molecule has 0 spiro atoms. The fraction of sp³-hybridized carbons (Fsp3) is 0.278. The van der Waals surface area contributed by atoms with Gasteiger partial charge in [-0.3, -0.25) is 0 Å². The van der Waals surface area contributed by atoms with Gasteiger partial charge in [0.15, 0.2) is 0 Å². The lowest BCUT2D eigenvalue weighted by Crippen LogP contribution is -2.36. The number of benzene rings is 2. The minimum absolute atomic E-state index is 0.432. The van der Waals surface area contributed by atoms with Gasteiger partial charge in [-0.2, -0.15) is 0 Å². The Labute approximate surface area is 130 Å². The van der Waals surface area contributed by atoms with Crippen molar-refractivity contribution in [1.29, 1.82) is 0 Å². The number of nitrogens with zero attached hydrogens (tertiary/aromatic N) is 1. The lowest BCUT2D eigenvalue weighted by Gasteiger charge is -2.30. The second kappa shape index (κ2) is 6.52. The Morgan fingerprint density at radius 2 is 1.55 bits per heavy atom. The Bertz CT molecular complexity index is 617. The van der Waals surface area contributed by atoms with Crippen molar-refractivity contribution in [2.24, 2.45) is 0 Å². The first-order valence-corrected chi connectivity index (χ1v) is 7.53. The maximum absolute atomic E-state index is 10.9. The van der Waals surface area contributed by atoms with Crippen molar-refractivity contribution >= 4 is 6.09 Å². The lowest BCUT2D eigenvalue weighted by molar-refractivity contribution is 0.132. The number of piperidine rings is 1. The molecule has 0 bridgehead atoms. The van der Waals surface area contributed by atoms with Crippen LogP contribution in [0.1, 0.15) is 24.3 Å². The number of hydrogen-bond acceptors (Lipinski definition) is 2. The number of carbonyl (C=O) groups is 1. The molecule has 4 heteroatoms. The van der Waals surface area contributed by atoms with Crippen molar-refractivity contribution in [3.8, 4) is 11.5 Å². The number of likely N-dealkylation sites (tertiary alicyclic amines) is 1. The second-order valence-electron chi connectivity index (χ2n) is 5.53. The summed E-state index contributed by atoms with van der Waals surface area (Å²) < 4.78 is 5.78. The highest BCUT2D eigenvalue weighted by Crippen LogP contribution is 2.30. The van der Waals surface area contributed by atoms with Crippen molar-refractivity contribution < 1.29 is 14.6 Å². The van der Waals surface area contributed by atoms with E-state index in [1.807, 2.05) is 42.5 Å². The summed E-state index contributed by atoms with van der Waals surface area (Å²) in [6.45, 7) is 1.23. The van der Waals surface area contributed by atoms with Crippen LogP contribution in [0.25, 0.3) is 0 Å². The highest BCUT2D eigenvalue weighted by molar-refractivity contribution is 5.65. The quantitative estimate of drug-likeness (QED) is 0.917. The van der Waals surface area contributed by atoms with Crippen molar-refractivity contribution in [1.82, 2.24) is 4.90 Å². The van der Waals surface area contributed by atoms with Crippen molar-refractivity contribution in [3.05, 3.63) is 60.2 Å². The molecule has 0 atom stereocenters. The van der Waals surface area contributed by atoms with E-state index in [1.165, 1.54) is 10.5 Å². The van der Waals surface area contributed by atoms with Crippen molar-refractivity contribution in [2.45, 2.75) is 18.8 Å². The molecule has 0 radical (unpaired) electrons. The minimum atomic E-state index is -0.815. The van der Waals surface area contributed by atoms with Crippen LogP contribution < -0.4 is 4.74 Å². The fourth-order valence-electron chi connectivity index (χ4n) is 2.84. The third-order valence-electron chi connectivity index (χ3n) is 4.10. The Kier molecular flexibility index (Phi) is 4.28. The van der Waals surface area contributed by atoms with Crippen LogP contribution in [0.2, 0.25) is 0 Å². The zero-order valence-electron chi connectivity index (χ0n) is 12.3. The normalized spacial score (nSPS) is 15.5. The Morgan fingerprint density at radius 1 is 0.955 bits per heavy atom. The first-order chi connectivity index (χ1) is 10.7. The standard InChI is InChI=1S/C18H19NO3/c20-18(21)19-12-10-15(11-13-19)14-6-8-17(9-7-14)22-16-4-2-1-3-5-16/h1-9,15H,10-13H2,(H,20,21). The van der Waals surface area contributed by atoms with Gasteiger partial charge in [0.2, 0.25) is 0 Å². The van der Waals surface area contributed by atoms with Gasteiger partial charge in [0.1, 0.15) is 11.5 Å². The van der Waals surface area contributed by atoms with Crippen molar-refractivity contribution in [3.63, 3.8) is 0 Å². The molecule has 1 amide bonds. The molecule has 1 saturated heterocycles. The molecule has 0 aliphatic carbocycles. The fourth-order valence-corrected chi connectivity index (χ4v) is 2.84. The van der Waals surface area contributed by atoms with Crippen molar-refractivity contribution in [2.75, 3.05) is 13.1 Å². The molecule has 1 N–H and O–H groups in total. The van der Waals surface area contributed by atoms with E-state index in [0.717, 1.165) is 24.3 Å². The van der Waals surface area contributed by atoms with Crippen LogP contribution in [0.5, 0.6) is 11.5 Å². The summed E-state index contributed by atoms with van der Waals surface area (Å²) in [6, 6.07) is 17.8. The third kappa shape index (κ3) is 3.39. The molecular formula is C18H19NO3. The van der Waals surface area contributed by atoms with Gasteiger partial charge in [-0.15, -0.1) is 0 Å². The number of rotatable bonds is 3. The first-order valence-electron chi connectivity index (χ1n) is 7.53. The van der Waals surface area contributed by atoms with E-state index in [2.05, 4.69) is 12.1 Å². The second-order valence-corrected chi connectivity index (χ2v) is 5.53. The Balaban J connectivity index is 1.61. The van der Waals surface area contributed by atoms with Gasteiger partial charge >= 0.3 is 6.09 Å². The number of ether oxygens (including phenoxy) is 1. The van der Waals surface area contributed by atoms with Crippen LogP contribution in [0.15, 0.2) is 54.6 Å². The zero-order valence-corrected chi connectivity index (χ0v) is 12.3. The topological polar surface area (TPSA) is 49.8 Å². The van der Waals surface area contributed by atoms with E-state index in [4.69, 9.17) is 9.84 Å². The SMILES string of the molecule is O=C(O)N1CCC(c2ccc(Oc3ccccc3)cc2)CC1.